The summed E-state index contributed by atoms with van der Waals surface area (Å²) in [6.07, 6.45) is 5.18. The summed E-state index contributed by atoms with van der Waals surface area (Å²) in [6, 6.07) is 12.1. The third-order valence-corrected chi connectivity index (χ3v) is 7.08. The number of nitrogens with one attached hydrogen (secondary N) is 2. The Kier molecular flexibility index (Phi) is 8.04. The highest BCUT2D eigenvalue weighted by atomic mass is 35.5. The van der Waals surface area contributed by atoms with Gasteiger partial charge in [-0.1, -0.05) is 18.2 Å². The standard InChI is InChI=1S/C28H29ClN6O5/c1-18-25(27(37)35(33(18)2)20-6-4-3-5-7-20)26(36)31-19-8-9-23(22(29)16-19)40-21-10-11-30-24(17-21)32-28(38)34-12-14-39-15-13-34/h3-11,17,22H,12-16H2,1-2H3,(H,31,36)(H,30,32,38). The molecule has 1 aliphatic carbocycles. The average Bonchev–Trinajstić information content (AvgIpc) is 3.18. The lowest BCUT2D eigenvalue weighted by Gasteiger charge is -2.26. The van der Waals surface area contributed by atoms with Crippen LogP contribution in [0, 0.1) is 6.92 Å². The Morgan fingerprint density at radius 2 is 1.85 bits per heavy atom. The number of hydrogen-bond donors (Lipinski definition) is 2. The first kappa shape index (κ1) is 27.2. The molecule has 5 rings (SSSR count). The van der Waals surface area contributed by atoms with Crippen molar-refractivity contribution in [2.75, 3.05) is 31.6 Å². The van der Waals surface area contributed by atoms with Crippen molar-refractivity contribution in [3.8, 4) is 11.4 Å². The van der Waals surface area contributed by atoms with E-state index in [9.17, 15) is 14.4 Å². The van der Waals surface area contributed by atoms with Crippen molar-refractivity contribution in [1.29, 1.82) is 0 Å². The number of rotatable bonds is 6. The number of benzene rings is 1. The Labute approximate surface area is 235 Å². The number of para-hydroxylation sites is 1. The van der Waals surface area contributed by atoms with E-state index in [4.69, 9.17) is 21.1 Å². The number of pyridine rings is 1. The first-order chi connectivity index (χ1) is 19.3. The summed E-state index contributed by atoms with van der Waals surface area (Å²) in [5.74, 6) is 0.764. The van der Waals surface area contributed by atoms with Crippen LogP contribution in [-0.4, -0.2) is 62.9 Å². The second-order valence-corrected chi connectivity index (χ2v) is 9.86. The Bertz CT molecular complexity index is 1540. The number of morpholine rings is 1. The fourth-order valence-electron chi connectivity index (χ4n) is 4.51. The number of anilines is 1. The highest BCUT2D eigenvalue weighted by molar-refractivity contribution is 6.22. The Hall–Kier alpha value is -4.35. The van der Waals surface area contributed by atoms with Crippen LogP contribution in [0.1, 0.15) is 22.5 Å². The third-order valence-electron chi connectivity index (χ3n) is 6.71. The van der Waals surface area contributed by atoms with E-state index in [2.05, 4.69) is 15.6 Å². The molecule has 1 atom stereocenters. The monoisotopic (exact) mass is 564 g/mol. The minimum Gasteiger partial charge on any atom is -0.460 e. The number of ether oxygens (including phenoxy) is 2. The van der Waals surface area contributed by atoms with Crippen molar-refractivity contribution in [3.05, 3.63) is 93.9 Å². The van der Waals surface area contributed by atoms with Crippen LogP contribution in [0.25, 0.3) is 5.69 Å². The van der Waals surface area contributed by atoms with E-state index in [1.165, 1.54) is 10.9 Å². The third kappa shape index (κ3) is 5.80. The van der Waals surface area contributed by atoms with E-state index in [-0.39, 0.29) is 18.0 Å². The lowest BCUT2D eigenvalue weighted by atomic mass is 10.1. The highest BCUT2D eigenvalue weighted by Gasteiger charge is 2.26. The molecule has 0 radical (unpaired) electrons. The van der Waals surface area contributed by atoms with E-state index >= 15 is 0 Å². The fourth-order valence-corrected chi connectivity index (χ4v) is 4.80. The summed E-state index contributed by atoms with van der Waals surface area (Å²) < 4.78 is 14.4. The van der Waals surface area contributed by atoms with Crippen molar-refractivity contribution in [2.24, 2.45) is 7.05 Å². The number of hydrogen-bond acceptors (Lipinski definition) is 6. The first-order valence-corrected chi connectivity index (χ1v) is 13.2. The van der Waals surface area contributed by atoms with Gasteiger partial charge in [0.15, 0.2) is 0 Å². The van der Waals surface area contributed by atoms with Crippen molar-refractivity contribution >= 4 is 29.4 Å². The van der Waals surface area contributed by atoms with Crippen LogP contribution in [0.5, 0.6) is 5.75 Å². The molecule has 0 saturated carbocycles. The van der Waals surface area contributed by atoms with Crippen molar-refractivity contribution in [1.82, 2.24) is 24.6 Å². The molecule has 12 heteroatoms. The van der Waals surface area contributed by atoms with Crippen LogP contribution in [0.3, 0.4) is 0 Å². The predicted molar refractivity (Wildman–Crippen MR) is 150 cm³/mol. The second-order valence-electron chi connectivity index (χ2n) is 9.33. The highest BCUT2D eigenvalue weighted by Crippen LogP contribution is 2.27. The molecule has 40 heavy (non-hydrogen) atoms. The van der Waals surface area contributed by atoms with Crippen LogP contribution in [0.4, 0.5) is 10.6 Å². The lowest BCUT2D eigenvalue weighted by molar-refractivity contribution is 0.0564. The number of nitrogens with zero attached hydrogens (tertiary/aromatic N) is 4. The Morgan fingerprint density at radius 3 is 2.58 bits per heavy atom. The molecule has 1 unspecified atom stereocenters. The molecule has 208 valence electrons. The molecule has 3 aromatic rings. The van der Waals surface area contributed by atoms with Crippen molar-refractivity contribution < 1.29 is 19.1 Å². The number of allylic oxidation sites excluding steroid dienone is 4. The summed E-state index contributed by atoms with van der Waals surface area (Å²) in [5, 5.41) is 5.02. The number of amides is 3. The normalized spacial score (nSPS) is 17.1. The van der Waals surface area contributed by atoms with E-state index < -0.39 is 16.8 Å². The summed E-state index contributed by atoms with van der Waals surface area (Å²) in [5.41, 5.74) is 1.42. The molecule has 11 nitrogen and oxygen atoms in total. The first-order valence-electron chi connectivity index (χ1n) is 12.8. The summed E-state index contributed by atoms with van der Waals surface area (Å²) >= 11 is 6.60. The molecular weight excluding hydrogens is 536 g/mol. The Balaban J connectivity index is 1.26. The smallest absolute Gasteiger partial charge is 0.323 e. The van der Waals surface area contributed by atoms with E-state index in [0.29, 0.717) is 60.7 Å². The molecule has 1 aliphatic heterocycles. The van der Waals surface area contributed by atoms with Crippen molar-refractivity contribution in [2.45, 2.75) is 18.7 Å². The van der Waals surface area contributed by atoms with Crippen LogP contribution >= 0.6 is 11.6 Å². The SMILES string of the molecule is Cc1c(C(=O)NC2=CC=C(Oc3ccnc(NC(=O)N4CCOCC4)c3)C(Cl)C2)c(=O)n(-c2ccccc2)n1C. The van der Waals surface area contributed by atoms with Gasteiger partial charge >= 0.3 is 6.03 Å². The average molecular weight is 565 g/mol. The molecule has 0 spiro atoms. The van der Waals surface area contributed by atoms with Gasteiger partial charge in [0.1, 0.15) is 22.9 Å². The van der Waals surface area contributed by atoms with Crippen LogP contribution in [0.2, 0.25) is 0 Å². The topological polar surface area (TPSA) is 120 Å². The maximum absolute atomic E-state index is 13.2. The zero-order chi connectivity index (χ0) is 28.2. The summed E-state index contributed by atoms with van der Waals surface area (Å²) in [6.45, 7) is 3.76. The number of carbonyl (C=O) groups excluding carboxylic acids is 2. The zero-order valence-corrected chi connectivity index (χ0v) is 22.9. The van der Waals surface area contributed by atoms with Gasteiger partial charge in [0.05, 0.1) is 30.0 Å². The molecule has 1 fully saturated rings. The number of urea groups is 1. The molecule has 2 aliphatic rings. The molecule has 0 bridgehead atoms. The van der Waals surface area contributed by atoms with Gasteiger partial charge < -0.3 is 19.7 Å². The number of aromatic nitrogens is 3. The van der Waals surface area contributed by atoms with Gasteiger partial charge in [0.2, 0.25) is 0 Å². The van der Waals surface area contributed by atoms with Gasteiger partial charge in [-0.3, -0.25) is 19.6 Å². The lowest BCUT2D eigenvalue weighted by Crippen LogP contribution is -2.43. The van der Waals surface area contributed by atoms with Crippen LogP contribution in [-0.2, 0) is 11.8 Å². The van der Waals surface area contributed by atoms with Gasteiger partial charge in [0, 0.05) is 44.5 Å². The molecular formula is C28H29ClN6O5. The van der Waals surface area contributed by atoms with Crippen molar-refractivity contribution in [3.63, 3.8) is 0 Å². The minimum absolute atomic E-state index is 0.0628. The van der Waals surface area contributed by atoms with E-state index in [1.807, 2.05) is 18.2 Å². The fraction of sp³-hybridized carbons (Fsp3) is 0.286. The van der Waals surface area contributed by atoms with Gasteiger partial charge in [-0.25, -0.2) is 14.5 Å². The molecule has 1 aromatic carbocycles. The van der Waals surface area contributed by atoms with Gasteiger partial charge in [-0.2, -0.15) is 0 Å². The number of carbonyl (C=O) groups is 2. The molecule has 2 N–H and O–H groups in total. The number of alkyl halides is 1. The van der Waals surface area contributed by atoms with Gasteiger partial charge in [-0.15, -0.1) is 11.6 Å². The quantitative estimate of drug-likeness (QED) is 0.443. The van der Waals surface area contributed by atoms with Crippen LogP contribution < -0.4 is 20.9 Å². The molecule has 1 saturated heterocycles. The predicted octanol–water partition coefficient (Wildman–Crippen LogP) is 3.33. The molecule has 3 heterocycles. The van der Waals surface area contributed by atoms with E-state index in [0.717, 1.165) is 0 Å². The van der Waals surface area contributed by atoms with Gasteiger partial charge in [0.25, 0.3) is 11.5 Å². The van der Waals surface area contributed by atoms with Gasteiger partial charge in [-0.05, 0) is 37.3 Å². The molecule has 2 aromatic heterocycles. The Morgan fingerprint density at radius 1 is 1.10 bits per heavy atom. The number of halogens is 1. The summed E-state index contributed by atoms with van der Waals surface area (Å²) in [7, 11) is 1.74. The van der Waals surface area contributed by atoms with E-state index in [1.54, 1.807) is 60.0 Å². The molecule has 3 amide bonds. The maximum atomic E-state index is 13.2. The maximum Gasteiger partial charge on any atom is 0.323 e. The minimum atomic E-state index is -0.572. The summed E-state index contributed by atoms with van der Waals surface area (Å²) in [4.78, 5) is 44.6. The largest absolute Gasteiger partial charge is 0.460 e. The zero-order valence-electron chi connectivity index (χ0n) is 22.1. The van der Waals surface area contributed by atoms with Crippen LogP contribution in [0.15, 0.2) is 77.1 Å². The second kappa shape index (κ2) is 11.8.